The number of nitrogens with two attached hydrogens (primary N) is 1. The van der Waals surface area contributed by atoms with Gasteiger partial charge in [0, 0.05) is 44.3 Å². The molecule has 4 fully saturated rings. The number of primary amides is 1. The molecule has 4 atom stereocenters. The fourth-order valence-electron chi connectivity index (χ4n) is 5.13. The Hall–Kier alpha value is -2.00. The number of piperidine rings is 4. The van der Waals surface area contributed by atoms with Crippen LogP contribution < -0.4 is 11.1 Å². The Bertz CT molecular complexity index is 713. The molecule has 4 aliphatic rings. The number of rotatable bonds is 6. The number of carbonyl (C=O) groups is 2. The highest BCUT2D eigenvalue weighted by molar-refractivity contribution is 5.81. The van der Waals surface area contributed by atoms with E-state index in [9.17, 15) is 9.59 Å². The molecule has 154 valence electrons. The first-order valence-corrected chi connectivity index (χ1v) is 10.4. The van der Waals surface area contributed by atoms with Crippen LogP contribution in [0.5, 0.6) is 0 Å². The SMILES string of the molecule is CNCc1cn(C[C@H]2C[C@@H]3CCN2C[C@@H]3C(=O)N2CCC(C(N)=O)CC2)nn1. The second-order valence-corrected chi connectivity index (χ2v) is 8.50. The Morgan fingerprint density at radius 1 is 1.25 bits per heavy atom. The van der Waals surface area contributed by atoms with Crippen LogP contribution >= 0.6 is 0 Å². The van der Waals surface area contributed by atoms with Gasteiger partial charge in [0.25, 0.3) is 0 Å². The molecular weight excluding hydrogens is 358 g/mol. The first kappa shape index (κ1) is 19.3. The number of nitrogens with one attached hydrogen (secondary N) is 1. The standard InChI is InChI=1S/C19H31N7O2/c1-21-9-15-10-26(23-22-15)11-16-8-14-4-7-25(16)12-17(14)19(28)24-5-2-13(3-6-24)18(20)27/h10,13-14,16-17,21H,2-9,11-12H2,1H3,(H2,20,27)/t14-,16+,17-/m0/s1. The van der Waals surface area contributed by atoms with Gasteiger partial charge in [-0.1, -0.05) is 5.21 Å². The number of nitrogens with zero attached hydrogens (tertiary/aromatic N) is 5. The van der Waals surface area contributed by atoms with Crippen molar-refractivity contribution in [3.8, 4) is 0 Å². The van der Waals surface area contributed by atoms with Crippen molar-refractivity contribution >= 4 is 11.8 Å². The normalized spacial score (nSPS) is 30.5. The molecule has 1 unspecified atom stereocenters. The minimum absolute atomic E-state index is 0.0736. The van der Waals surface area contributed by atoms with Crippen LogP contribution in [-0.2, 0) is 22.7 Å². The van der Waals surface area contributed by atoms with E-state index in [1.165, 1.54) is 0 Å². The van der Waals surface area contributed by atoms with E-state index < -0.39 is 0 Å². The van der Waals surface area contributed by atoms with Crippen molar-refractivity contribution in [1.82, 2.24) is 30.1 Å². The minimum Gasteiger partial charge on any atom is -0.369 e. The van der Waals surface area contributed by atoms with Gasteiger partial charge >= 0.3 is 0 Å². The van der Waals surface area contributed by atoms with E-state index in [0.717, 1.165) is 44.7 Å². The molecule has 0 saturated carbocycles. The Balaban J connectivity index is 1.33. The molecule has 4 saturated heterocycles. The van der Waals surface area contributed by atoms with Crippen molar-refractivity contribution in [2.45, 2.75) is 44.8 Å². The summed E-state index contributed by atoms with van der Waals surface area (Å²) in [6, 6.07) is 0.424. The molecule has 0 spiro atoms. The van der Waals surface area contributed by atoms with Gasteiger partial charge in [0.05, 0.1) is 18.2 Å². The molecule has 2 amide bonds. The summed E-state index contributed by atoms with van der Waals surface area (Å²) in [5.41, 5.74) is 6.36. The Morgan fingerprint density at radius 2 is 2.04 bits per heavy atom. The number of amides is 2. The van der Waals surface area contributed by atoms with Gasteiger partial charge in [-0.2, -0.15) is 0 Å². The zero-order valence-corrected chi connectivity index (χ0v) is 16.6. The van der Waals surface area contributed by atoms with Crippen LogP contribution in [0.2, 0.25) is 0 Å². The molecule has 0 aromatic carbocycles. The van der Waals surface area contributed by atoms with Gasteiger partial charge in [0.2, 0.25) is 11.8 Å². The number of hydrogen-bond acceptors (Lipinski definition) is 6. The maximum Gasteiger partial charge on any atom is 0.227 e. The van der Waals surface area contributed by atoms with Crippen LogP contribution in [0.3, 0.4) is 0 Å². The molecule has 1 aromatic heterocycles. The van der Waals surface area contributed by atoms with E-state index in [1.807, 2.05) is 22.8 Å². The lowest BCUT2D eigenvalue weighted by Gasteiger charge is -2.50. The van der Waals surface area contributed by atoms with Gasteiger partial charge in [-0.15, -0.1) is 5.10 Å². The molecule has 9 heteroatoms. The molecule has 4 aliphatic heterocycles. The first-order chi connectivity index (χ1) is 13.5. The zero-order valence-electron chi connectivity index (χ0n) is 16.6. The Labute approximate surface area is 165 Å². The van der Waals surface area contributed by atoms with Gasteiger partial charge < -0.3 is 16.0 Å². The molecule has 5 heterocycles. The van der Waals surface area contributed by atoms with Crippen LogP contribution in [0.15, 0.2) is 6.20 Å². The van der Waals surface area contributed by atoms with Gasteiger partial charge in [0.15, 0.2) is 0 Å². The van der Waals surface area contributed by atoms with Gasteiger partial charge in [-0.3, -0.25) is 19.2 Å². The Morgan fingerprint density at radius 3 is 2.68 bits per heavy atom. The lowest BCUT2D eigenvalue weighted by Crippen LogP contribution is -2.59. The minimum atomic E-state index is -0.233. The van der Waals surface area contributed by atoms with E-state index in [4.69, 9.17) is 5.73 Å². The molecule has 0 radical (unpaired) electrons. The predicted octanol–water partition coefficient (Wildman–Crippen LogP) is -0.568. The summed E-state index contributed by atoms with van der Waals surface area (Å²) >= 11 is 0. The van der Waals surface area contributed by atoms with Crippen molar-refractivity contribution in [2.24, 2.45) is 23.5 Å². The third-order valence-corrected chi connectivity index (χ3v) is 6.75. The average molecular weight is 390 g/mol. The van der Waals surface area contributed by atoms with Crippen LogP contribution in [0, 0.1) is 17.8 Å². The average Bonchev–Trinajstić information content (AvgIpc) is 3.15. The Kier molecular flexibility index (Phi) is 5.63. The fourth-order valence-corrected chi connectivity index (χ4v) is 5.13. The summed E-state index contributed by atoms with van der Waals surface area (Å²) in [7, 11) is 1.90. The summed E-state index contributed by atoms with van der Waals surface area (Å²) in [6.07, 6.45) is 5.53. The molecule has 5 rings (SSSR count). The molecule has 3 N–H and O–H groups in total. The molecule has 9 nitrogen and oxygen atoms in total. The number of hydrogen-bond donors (Lipinski definition) is 2. The number of fused-ring (bicyclic) bond motifs is 3. The molecular formula is C19H31N7O2. The monoisotopic (exact) mass is 389 g/mol. The van der Waals surface area contributed by atoms with Crippen molar-refractivity contribution < 1.29 is 9.59 Å². The fraction of sp³-hybridized carbons (Fsp3) is 0.789. The van der Waals surface area contributed by atoms with Gasteiger partial charge in [-0.05, 0) is 45.2 Å². The second kappa shape index (κ2) is 8.16. The van der Waals surface area contributed by atoms with Gasteiger partial charge in [0.1, 0.15) is 0 Å². The number of likely N-dealkylation sites (tertiary alicyclic amines) is 1. The zero-order chi connectivity index (χ0) is 19.7. The van der Waals surface area contributed by atoms with Crippen molar-refractivity contribution in [3.05, 3.63) is 11.9 Å². The van der Waals surface area contributed by atoms with Gasteiger partial charge in [-0.25, -0.2) is 0 Å². The van der Waals surface area contributed by atoms with Crippen LogP contribution in [0.1, 0.15) is 31.4 Å². The molecule has 28 heavy (non-hydrogen) atoms. The quantitative estimate of drug-likeness (QED) is 0.675. The van der Waals surface area contributed by atoms with E-state index >= 15 is 0 Å². The largest absolute Gasteiger partial charge is 0.369 e. The van der Waals surface area contributed by atoms with E-state index in [-0.39, 0.29) is 23.7 Å². The van der Waals surface area contributed by atoms with Crippen molar-refractivity contribution in [2.75, 3.05) is 33.2 Å². The summed E-state index contributed by atoms with van der Waals surface area (Å²) in [4.78, 5) is 28.9. The summed E-state index contributed by atoms with van der Waals surface area (Å²) in [6.45, 7) is 4.76. The lowest BCUT2D eigenvalue weighted by molar-refractivity contribution is -0.146. The van der Waals surface area contributed by atoms with Crippen molar-refractivity contribution in [3.63, 3.8) is 0 Å². The first-order valence-electron chi connectivity index (χ1n) is 10.4. The number of carbonyl (C=O) groups excluding carboxylic acids is 2. The van der Waals surface area contributed by atoms with Crippen LogP contribution in [0.25, 0.3) is 0 Å². The maximum absolute atomic E-state index is 13.1. The maximum atomic E-state index is 13.1. The smallest absolute Gasteiger partial charge is 0.227 e. The highest BCUT2D eigenvalue weighted by atomic mass is 16.2. The molecule has 1 aromatic rings. The third-order valence-electron chi connectivity index (χ3n) is 6.75. The molecule has 0 aliphatic carbocycles. The van der Waals surface area contributed by atoms with Crippen LogP contribution in [-0.4, -0.2) is 75.9 Å². The summed E-state index contributed by atoms with van der Waals surface area (Å²) < 4.78 is 1.93. The highest BCUT2D eigenvalue weighted by Gasteiger charge is 2.45. The predicted molar refractivity (Wildman–Crippen MR) is 103 cm³/mol. The lowest BCUT2D eigenvalue weighted by atomic mass is 9.74. The van der Waals surface area contributed by atoms with Crippen molar-refractivity contribution in [1.29, 1.82) is 0 Å². The van der Waals surface area contributed by atoms with E-state index in [0.29, 0.717) is 37.9 Å². The summed E-state index contributed by atoms with van der Waals surface area (Å²) in [5, 5.41) is 11.5. The number of aromatic nitrogens is 3. The third kappa shape index (κ3) is 3.91. The highest BCUT2D eigenvalue weighted by Crippen LogP contribution is 2.38. The van der Waals surface area contributed by atoms with E-state index in [2.05, 4.69) is 20.5 Å². The summed E-state index contributed by atoms with van der Waals surface area (Å²) in [5.74, 6) is 0.495. The molecule has 2 bridgehead atoms. The topological polar surface area (TPSA) is 109 Å². The van der Waals surface area contributed by atoms with Crippen LogP contribution in [0.4, 0.5) is 0 Å². The van der Waals surface area contributed by atoms with E-state index in [1.54, 1.807) is 0 Å². The second-order valence-electron chi connectivity index (χ2n) is 8.50.